The van der Waals surface area contributed by atoms with Crippen LogP contribution in [0.3, 0.4) is 0 Å². The number of carbonyl (C=O) groups is 1. The summed E-state index contributed by atoms with van der Waals surface area (Å²) in [5.74, 6) is 0.0484. The van der Waals surface area contributed by atoms with E-state index in [9.17, 15) is 14.3 Å². The molecule has 0 aromatic carbocycles. The molecule has 6 rings (SSSR count). The first-order valence-corrected chi connectivity index (χ1v) is 12.3. The third-order valence-electron chi connectivity index (χ3n) is 6.67. The Bertz CT molecular complexity index is 1620. The third-order valence-corrected chi connectivity index (χ3v) is 6.67. The van der Waals surface area contributed by atoms with E-state index < -0.39 is 23.9 Å². The Morgan fingerprint density at radius 2 is 2.18 bits per heavy atom. The van der Waals surface area contributed by atoms with Crippen LogP contribution in [0.25, 0.3) is 27.7 Å². The highest BCUT2D eigenvalue weighted by Gasteiger charge is 2.30. The van der Waals surface area contributed by atoms with E-state index in [0.29, 0.717) is 36.8 Å². The third kappa shape index (κ3) is 4.28. The molecule has 5 aromatic heterocycles. The monoisotopic (exact) mass is 516 g/mol. The van der Waals surface area contributed by atoms with E-state index in [1.54, 1.807) is 16.9 Å². The van der Waals surface area contributed by atoms with Crippen LogP contribution in [0.1, 0.15) is 23.8 Å². The number of amides is 1. The van der Waals surface area contributed by atoms with Gasteiger partial charge < -0.3 is 20.1 Å². The minimum absolute atomic E-state index is 0.268. The smallest absolute Gasteiger partial charge is 0.273 e. The summed E-state index contributed by atoms with van der Waals surface area (Å²) in [7, 11) is 0. The number of aliphatic hydroxyl groups is 1. The summed E-state index contributed by atoms with van der Waals surface area (Å²) >= 11 is 0. The number of anilines is 1. The van der Waals surface area contributed by atoms with Gasteiger partial charge in [-0.15, -0.1) is 5.10 Å². The van der Waals surface area contributed by atoms with Crippen LogP contribution in [0.4, 0.5) is 10.2 Å². The van der Waals surface area contributed by atoms with E-state index in [1.807, 2.05) is 36.2 Å². The molecule has 12 heteroatoms. The van der Waals surface area contributed by atoms with E-state index in [0.717, 1.165) is 22.0 Å². The zero-order valence-corrected chi connectivity index (χ0v) is 20.5. The standard InChI is InChI=1S/C26H25FN8O3/c1-2-38-16-10-17(24-18-12-30-32-25(18)33-35(24)13-16)15-5-6-22(29-11-15)34-9-7-20(21(36)14-34)31-26(37)23-19(27)4-3-8-28-23/h3-6,8,10-13,20-21,36H,2,7,9,14H2,1H3,(H,31,37)(H,32,33)/t20-,21+/m0/s1. The van der Waals surface area contributed by atoms with Crippen LogP contribution < -0.4 is 15.0 Å². The minimum Gasteiger partial charge on any atom is -0.492 e. The molecule has 5 aromatic rings. The molecule has 1 aliphatic heterocycles. The Hall–Kier alpha value is -4.58. The molecule has 0 bridgehead atoms. The van der Waals surface area contributed by atoms with Crippen molar-refractivity contribution in [1.29, 1.82) is 0 Å². The summed E-state index contributed by atoms with van der Waals surface area (Å²) in [6.45, 7) is 3.28. The average Bonchev–Trinajstić information content (AvgIpc) is 3.51. The van der Waals surface area contributed by atoms with Crippen LogP contribution in [-0.2, 0) is 0 Å². The van der Waals surface area contributed by atoms with Crippen molar-refractivity contribution in [2.75, 3.05) is 24.6 Å². The van der Waals surface area contributed by atoms with Gasteiger partial charge in [0.1, 0.15) is 11.6 Å². The number of aromatic amines is 1. The van der Waals surface area contributed by atoms with Crippen molar-refractivity contribution in [2.45, 2.75) is 25.5 Å². The lowest BCUT2D eigenvalue weighted by Crippen LogP contribution is -2.54. The van der Waals surface area contributed by atoms with Crippen molar-refractivity contribution in [3.8, 4) is 16.9 Å². The number of halogens is 1. The number of aliphatic hydroxyl groups excluding tert-OH is 1. The number of fused-ring (bicyclic) bond motifs is 3. The van der Waals surface area contributed by atoms with Crippen LogP contribution in [0.2, 0.25) is 0 Å². The van der Waals surface area contributed by atoms with E-state index in [4.69, 9.17) is 4.74 Å². The number of piperidine rings is 1. The second kappa shape index (κ2) is 9.71. The van der Waals surface area contributed by atoms with Gasteiger partial charge in [-0.05, 0) is 43.7 Å². The Balaban J connectivity index is 1.21. The Morgan fingerprint density at radius 3 is 2.95 bits per heavy atom. The summed E-state index contributed by atoms with van der Waals surface area (Å²) in [6, 6.07) is 7.91. The number of nitrogens with one attached hydrogen (secondary N) is 2. The van der Waals surface area contributed by atoms with Gasteiger partial charge in [0.2, 0.25) is 0 Å². The van der Waals surface area contributed by atoms with Gasteiger partial charge in [0.05, 0.1) is 42.0 Å². The van der Waals surface area contributed by atoms with Gasteiger partial charge in [0.15, 0.2) is 17.2 Å². The molecule has 2 atom stereocenters. The number of carbonyl (C=O) groups excluding carboxylic acids is 1. The van der Waals surface area contributed by atoms with Gasteiger partial charge in [-0.25, -0.2) is 18.9 Å². The van der Waals surface area contributed by atoms with E-state index >= 15 is 0 Å². The van der Waals surface area contributed by atoms with Crippen molar-refractivity contribution in [1.82, 2.24) is 35.1 Å². The van der Waals surface area contributed by atoms with E-state index in [-0.39, 0.29) is 12.2 Å². The number of pyridine rings is 3. The zero-order chi connectivity index (χ0) is 26.2. The molecule has 3 N–H and O–H groups in total. The topological polar surface area (TPSA) is 134 Å². The number of H-pyrrole nitrogens is 1. The minimum atomic E-state index is -0.857. The molecule has 11 nitrogen and oxygen atoms in total. The van der Waals surface area contributed by atoms with Crippen molar-refractivity contribution in [2.24, 2.45) is 0 Å². The van der Waals surface area contributed by atoms with Crippen molar-refractivity contribution >= 4 is 28.3 Å². The molecular formula is C26H25FN8O3. The highest BCUT2D eigenvalue weighted by atomic mass is 19.1. The van der Waals surface area contributed by atoms with Gasteiger partial charge in [-0.3, -0.25) is 9.89 Å². The average molecular weight is 517 g/mol. The predicted molar refractivity (Wildman–Crippen MR) is 138 cm³/mol. The molecule has 6 heterocycles. The fraction of sp³-hybridized carbons (Fsp3) is 0.269. The molecular weight excluding hydrogens is 491 g/mol. The molecule has 1 saturated heterocycles. The van der Waals surface area contributed by atoms with Crippen molar-refractivity contribution < 1.29 is 19.0 Å². The second-order valence-corrected chi connectivity index (χ2v) is 9.07. The maximum Gasteiger partial charge on any atom is 0.273 e. The molecule has 0 unspecified atom stereocenters. The molecule has 194 valence electrons. The Labute approximate surface area is 216 Å². The predicted octanol–water partition coefficient (Wildman–Crippen LogP) is 2.58. The number of hydrogen-bond acceptors (Lipinski definition) is 8. The van der Waals surface area contributed by atoms with Gasteiger partial charge in [0, 0.05) is 36.6 Å². The summed E-state index contributed by atoms with van der Waals surface area (Å²) in [5.41, 5.74) is 3.07. The second-order valence-electron chi connectivity index (χ2n) is 9.07. The lowest BCUT2D eigenvalue weighted by molar-refractivity contribution is 0.0789. The summed E-state index contributed by atoms with van der Waals surface area (Å²) in [5, 5.41) is 25.9. The fourth-order valence-corrected chi connectivity index (χ4v) is 4.84. The first-order chi connectivity index (χ1) is 18.5. The summed E-state index contributed by atoms with van der Waals surface area (Å²) < 4.78 is 21.4. The number of β-amino-alcohol motifs (C(OH)–C–C–N with tert-alkyl or cyclic N) is 1. The molecule has 1 fully saturated rings. The fourth-order valence-electron chi connectivity index (χ4n) is 4.84. The molecule has 38 heavy (non-hydrogen) atoms. The van der Waals surface area contributed by atoms with E-state index in [1.165, 1.54) is 18.3 Å². The first-order valence-electron chi connectivity index (χ1n) is 12.3. The van der Waals surface area contributed by atoms with Crippen LogP contribution in [-0.4, -0.2) is 72.6 Å². The SMILES string of the molecule is CCOc1cc(-c2ccc(N3CC[C@H](NC(=O)c4ncccc4F)[C@H](O)C3)nc2)c2c3cn[nH]c3nn2c1. The maximum absolute atomic E-state index is 13.9. The lowest BCUT2D eigenvalue weighted by atomic mass is 10.0. The Kier molecular flexibility index (Phi) is 6.08. The zero-order valence-electron chi connectivity index (χ0n) is 20.5. The van der Waals surface area contributed by atoms with Gasteiger partial charge in [-0.2, -0.15) is 5.10 Å². The summed E-state index contributed by atoms with van der Waals surface area (Å²) in [6.07, 6.45) is 6.33. The Morgan fingerprint density at radius 1 is 1.29 bits per heavy atom. The van der Waals surface area contributed by atoms with Gasteiger partial charge in [0.25, 0.3) is 5.91 Å². The molecule has 1 aliphatic rings. The highest BCUT2D eigenvalue weighted by molar-refractivity contribution is 6.01. The number of aromatic nitrogens is 6. The van der Waals surface area contributed by atoms with Crippen LogP contribution in [0, 0.1) is 5.82 Å². The number of ether oxygens (including phenoxy) is 1. The molecule has 0 aliphatic carbocycles. The van der Waals surface area contributed by atoms with Crippen LogP contribution in [0.15, 0.2) is 55.1 Å². The highest BCUT2D eigenvalue weighted by Crippen LogP contribution is 2.33. The lowest BCUT2D eigenvalue weighted by Gasteiger charge is -2.36. The normalized spacial score (nSPS) is 17.7. The van der Waals surface area contributed by atoms with Crippen molar-refractivity contribution in [3.63, 3.8) is 0 Å². The number of nitrogens with zero attached hydrogens (tertiary/aromatic N) is 6. The molecule has 0 saturated carbocycles. The quantitative estimate of drug-likeness (QED) is 0.314. The summed E-state index contributed by atoms with van der Waals surface area (Å²) in [4.78, 5) is 22.9. The molecule has 0 radical (unpaired) electrons. The van der Waals surface area contributed by atoms with Gasteiger partial charge in [-0.1, -0.05) is 0 Å². The molecule has 0 spiro atoms. The largest absolute Gasteiger partial charge is 0.492 e. The van der Waals surface area contributed by atoms with Crippen LogP contribution in [0.5, 0.6) is 5.75 Å². The van der Waals surface area contributed by atoms with Gasteiger partial charge >= 0.3 is 0 Å². The maximum atomic E-state index is 13.9. The van der Waals surface area contributed by atoms with Crippen molar-refractivity contribution in [3.05, 3.63) is 66.6 Å². The number of rotatable bonds is 6. The van der Waals surface area contributed by atoms with E-state index in [2.05, 4.69) is 30.6 Å². The van der Waals surface area contributed by atoms with Crippen LogP contribution >= 0.6 is 0 Å². The number of hydrogen-bond donors (Lipinski definition) is 3. The first kappa shape index (κ1) is 23.8. The molecule has 1 amide bonds.